The molecule has 0 aromatic heterocycles. The van der Waals surface area contributed by atoms with Crippen LogP contribution in [-0.2, 0) is 0 Å². The highest BCUT2D eigenvalue weighted by molar-refractivity contribution is 5.19. The fourth-order valence-corrected chi connectivity index (χ4v) is 1.96. The van der Waals surface area contributed by atoms with Crippen molar-refractivity contribution in [2.45, 2.75) is 24.5 Å². The van der Waals surface area contributed by atoms with Crippen molar-refractivity contribution in [2.75, 3.05) is 7.05 Å². The van der Waals surface area contributed by atoms with Crippen LogP contribution in [0, 0.1) is 5.92 Å². The summed E-state index contributed by atoms with van der Waals surface area (Å²) in [5, 5.41) is 12.5. The van der Waals surface area contributed by atoms with Gasteiger partial charge in [0.25, 0.3) is 0 Å². The van der Waals surface area contributed by atoms with Gasteiger partial charge in [0.05, 0.1) is 5.60 Å². The molecule has 0 aliphatic heterocycles. The molecule has 0 amide bonds. The molecule has 3 aliphatic carbocycles. The van der Waals surface area contributed by atoms with E-state index in [4.69, 9.17) is 0 Å². The van der Waals surface area contributed by atoms with Crippen molar-refractivity contribution < 1.29 is 5.11 Å². The number of rotatable bonds is 1. The molecule has 3 fully saturated rings. The molecule has 1 unspecified atom stereocenters. The third-order valence-electron chi connectivity index (χ3n) is 2.59. The maximum Gasteiger partial charge on any atom is 0.0809 e. The maximum atomic E-state index is 9.38. The number of nitrogens with one attached hydrogen (secondary N) is 1. The van der Waals surface area contributed by atoms with E-state index >= 15 is 0 Å². The molecule has 2 nitrogen and oxygen atoms in total. The Morgan fingerprint density at radius 1 is 1.62 bits per heavy atom. The fraction of sp³-hybridized carbons (Fsp3) is 1.00. The molecule has 1 atom stereocenters. The molecule has 0 heterocycles. The zero-order valence-corrected chi connectivity index (χ0v) is 5.02. The Morgan fingerprint density at radius 3 is 2.25 bits per heavy atom. The minimum absolute atomic E-state index is 0.278. The topological polar surface area (TPSA) is 32.3 Å². The summed E-state index contributed by atoms with van der Waals surface area (Å²) >= 11 is 0. The minimum atomic E-state index is -0.278. The van der Waals surface area contributed by atoms with Crippen LogP contribution in [0.5, 0.6) is 0 Å². The van der Waals surface area contributed by atoms with Gasteiger partial charge in [0, 0.05) is 6.04 Å². The Hall–Kier alpha value is -0.0800. The lowest BCUT2D eigenvalue weighted by Gasteiger charge is -2.64. The van der Waals surface area contributed by atoms with E-state index in [0.717, 1.165) is 18.8 Å². The lowest BCUT2D eigenvalue weighted by Crippen LogP contribution is -2.75. The van der Waals surface area contributed by atoms with Crippen molar-refractivity contribution in [1.82, 2.24) is 5.32 Å². The lowest BCUT2D eigenvalue weighted by atomic mass is 9.48. The molecular weight excluding hydrogens is 102 g/mol. The molecular formula is C6H11NO. The standard InChI is InChI=1S/C6H11NO/c1-7-5-4-2-6(5,8)3-4/h4-5,7-8H,2-3H2,1H3. The molecule has 3 rings (SSSR count). The second kappa shape index (κ2) is 1.09. The molecule has 0 saturated heterocycles. The van der Waals surface area contributed by atoms with Gasteiger partial charge in [-0.1, -0.05) is 0 Å². The van der Waals surface area contributed by atoms with Gasteiger partial charge in [0.2, 0.25) is 0 Å². The van der Waals surface area contributed by atoms with Gasteiger partial charge >= 0.3 is 0 Å². The normalized spacial score (nSPS) is 59.2. The zero-order chi connectivity index (χ0) is 5.78. The number of aliphatic hydroxyl groups is 1. The Bertz CT molecular complexity index is 118. The van der Waals surface area contributed by atoms with Crippen LogP contribution < -0.4 is 5.32 Å². The molecule has 3 aliphatic rings. The van der Waals surface area contributed by atoms with E-state index in [1.807, 2.05) is 7.05 Å². The third kappa shape index (κ3) is 0.298. The van der Waals surface area contributed by atoms with Crippen molar-refractivity contribution in [3.63, 3.8) is 0 Å². The second-order valence-electron chi connectivity index (χ2n) is 3.04. The quantitative estimate of drug-likeness (QED) is 0.490. The zero-order valence-electron chi connectivity index (χ0n) is 5.02. The summed E-state index contributed by atoms with van der Waals surface area (Å²) in [6.07, 6.45) is 2.08. The smallest absolute Gasteiger partial charge is 0.0809 e. The summed E-state index contributed by atoms with van der Waals surface area (Å²) in [6.45, 7) is 0. The van der Waals surface area contributed by atoms with Gasteiger partial charge < -0.3 is 10.4 Å². The summed E-state index contributed by atoms with van der Waals surface area (Å²) in [5.74, 6) is 0.796. The molecule has 2 N–H and O–H groups in total. The summed E-state index contributed by atoms with van der Waals surface area (Å²) in [6, 6.07) is 0.433. The summed E-state index contributed by atoms with van der Waals surface area (Å²) in [7, 11) is 1.92. The third-order valence-corrected chi connectivity index (χ3v) is 2.59. The number of likely N-dealkylation sites (N-methyl/N-ethyl adjacent to an activating group) is 1. The van der Waals surface area contributed by atoms with E-state index in [9.17, 15) is 5.11 Å². The van der Waals surface area contributed by atoms with E-state index in [1.54, 1.807) is 0 Å². The van der Waals surface area contributed by atoms with Crippen LogP contribution in [0.1, 0.15) is 12.8 Å². The molecule has 8 heavy (non-hydrogen) atoms. The summed E-state index contributed by atoms with van der Waals surface area (Å²) < 4.78 is 0. The molecule has 2 bridgehead atoms. The van der Waals surface area contributed by atoms with Crippen molar-refractivity contribution >= 4 is 0 Å². The van der Waals surface area contributed by atoms with E-state index in [2.05, 4.69) is 5.32 Å². The van der Waals surface area contributed by atoms with Crippen LogP contribution in [0.15, 0.2) is 0 Å². The minimum Gasteiger partial charge on any atom is -0.388 e. The average molecular weight is 113 g/mol. The molecule has 46 valence electrons. The Morgan fingerprint density at radius 2 is 2.25 bits per heavy atom. The predicted molar refractivity (Wildman–Crippen MR) is 30.5 cm³/mol. The molecule has 0 aromatic carbocycles. The highest BCUT2D eigenvalue weighted by Gasteiger charge is 2.64. The van der Waals surface area contributed by atoms with Crippen LogP contribution in [0.3, 0.4) is 0 Å². The van der Waals surface area contributed by atoms with Gasteiger partial charge in [-0.3, -0.25) is 0 Å². The number of hydrogen-bond donors (Lipinski definition) is 2. The van der Waals surface area contributed by atoms with Crippen LogP contribution in [0.25, 0.3) is 0 Å². The van der Waals surface area contributed by atoms with Crippen molar-refractivity contribution in [2.24, 2.45) is 5.92 Å². The fourth-order valence-electron chi connectivity index (χ4n) is 1.96. The van der Waals surface area contributed by atoms with Crippen LogP contribution >= 0.6 is 0 Å². The molecule has 2 heteroatoms. The van der Waals surface area contributed by atoms with Gasteiger partial charge in [-0.15, -0.1) is 0 Å². The summed E-state index contributed by atoms with van der Waals surface area (Å²) in [5.41, 5.74) is -0.278. The lowest BCUT2D eigenvalue weighted by molar-refractivity contribution is -0.220. The SMILES string of the molecule is CNC1C2CC1(O)C2. The van der Waals surface area contributed by atoms with E-state index in [0.29, 0.717) is 6.04 Å². The highest BCUT2D eigenvalue weighted by Crippen LogP contribution is 2.56. The van der Waals surface area contributed by atoms with E-state index in [1.165, 1.54) is 0 Å². The van der Waals surface area contributed by atoms with Gasteiger partial charge in [-0.2, -0.15) is 0 Å². The highest BCUT2D eigenvalue weighted by atomic mass is 16.3. The summed E-state index contributed by atoms with van der Waals surface area (Å²) in [4.78, 5) is 0. The second-order valence-corrected chi connectivity index (χ2v) is 3.04. The van der Waals surface area contributed by atoms with E-state index in [-0.39, 0.29) is 5.60 Å². The first-order chi connectivity index (χ1) is 3.76. The maximum absolute atomic E-state index is 9.38. The van der Waals surface area contributed by atoms with Crippen molar-refractivity contribution in [3.05, 3.63) is 0 Å². The molecule has 0 radical (unpaired) electrons. The Labute approximate surface area is 48.9 Å². The van der Waals surface area contributed by atoms with Crippen LogP contribution in [0.2, 0.25) is 0 Å². The first-order valence-electron chi connectivity index (χ1n) is 3.16. The molecule has 3 saturated carbocycles. The monoisotopic (exact) mass is 113 g/mol. The first kappa shape index (κ1) is 4.77. The molecule has 0 aromatic rings. The largest absolute Gasteiger partial charge is 0.388 e. The number of hydrogen-bond acceptors (Lipinski definition) is 2. The van der Waals surface area contributed by atoms with Gasteiger partial charge in [-0.25, -0.2) is 0 Å². The first-order valence-corrected chi connectivity index (χ1v) is 3.16. The van der Waals surface area contributed by atoms with Gasteiger partial charge in [0.1, 0.15) is 0 Å². The average Bonchev–Trinajstić information content (AvgIpc) is 1.62. The van der Waals surface area contributed by atoms with Gasteiger partial charge in [0.15, 0.2) is 0 Å². The Kier molecular flexibility index (Phi) is 0.649. The predicted octanol–water partition coefficient (Wildman–Crippen LogP) is -0.271. The van der Waals surface area contributed by atoms with Crippen LogP contribution in [0.4, 0.5) is 0 Å². The van der Waals surface area contributed by atoms with E-state index < -0.39 is 0 Å². The van der Waals surface area contributed by atoms with Crippen molar-refractivity contribution in [3.8, 4) is 0 Å². The Balaban J connectivity index is 2.04. The molecule has 0 spiro atoms. The van der Waals surface area contributed by atoms with Crippen LogP contribution in [-0.4, -0.2) is 23.8 Å². The van der Waals surface area contributed by atoms with Crippen molar-refractivity contribution in [1.29, 1.82) is 0 Å². The van der Waals surface area contributed by atoms with Gasteiger partial charge in [-0.05, 0) is 25.8 Å².